The molecule has 0 spiro atoms. The first kappa shape index (κ1) is 29.7. The van der Waals surface area contributed by atoms with Gasteiger partial charge in [-0.15, -0.1) is 0 Å². The molecule has 39 heavy (non-hydrogen) atoms. The average Bonchev–Trinajstić information content (AvgIpc) is 3.07. The van der Waals surface area contributed by atoms with Crippen LogP contribution in [0.3, 0.4) is 0 Å². The van der Waals surface area contributed by atoms with Gasteiger partial charge in [-0.1, -0.05) is 142 Å². The summed E-state index contributed by atoms with van der Waals surface area (Å²) in [5.74, 6) is 7.40. The van der Waals surface area contributed by atoms with E-state index in [4.69, 9.17) is 0 Å². The van der Waals surface area contributed by atoms with Crippen LogP contribution in [0, 0.1) is 23.7 Å². The van der Waals surface area contributed by atoms with Crippen LogP contribution in [0.15, 0.2) is 139 Å². The molecule has 0 saturated carbocycles. The van der Waals surface area contributed by atoms with E-state index in [-0.39, 0.29) is 5.92 Å². The third-order valence-corrected chi connectivity index (χ3v) is 7.40. The zero-order chi connectivity index (χ0) is 28.2. The molecule has 0 nitrogen and oxygen atoms in total. The van der Waals surface area contributed by atoms with Gasteiger partial charge in [0, 0.05) is 11.5 Å². The van der Waals surface area contributed by atoms with Crippen molar-refractivity contribution in [1.82, 2.24) is 0 Å². The third-order valence-electron chi connectivity index (χ3n) is 7.40. The van der Waals surface area contributed by atoms with Crippen molar-refractivity contribution in [3.05, 3.63) is 155 Å². The lowest BCUT2D eigenvalue weighted by atomic mass is 9.85. The summed E-state index contributed by atoms with van der Waals surface area (Å²) >= 11 is 0. The Morgan fingerprint density at radius 1 is 0.949 bits per heavy atom. The predicted octanol–water partition coefficient (Wildman–Crippen LogP) is 10.3. The van der Waals surface area contributed by atoms with Crippen molar-refractivity contribution < 1.29 is 0 Å². The van der Waals surface area contributed by atoms with Gasteiger partial charge in [0.05, 0.1) is 0 Å². The van der Waals surface area contributed by atoms with Crippen LogP contribution in [0.25, 0.3) is 0 Å². The number of hydrogen-bond donors (Lipinski definition) is 0. The maximum atomic E-state index is 4.51. The van der Waals surface area contributed by atoms with Crippen molar-refractivity contribution in [3.63, 3.8) is 0 Å². The summed E-state index contributed by atoms with van der Waals surface area (Å²) < 4.78 is 0. The molecule has 2 aromatic carbocycles. The van der Waals surface area contributed by atoms with Gasteiger partial charge >= 0.3 is 0 Å². The lowest BCUT2D eigenvalue weighted by molar-refractivity contribution is 0.502. The Balaban J connectivity index is 1.88. The van der Waals surface area contributed by atoms with E-state index in [2.05, 4.69) is 120 Å². The number of aryl methyl sites for hydroxylation is 1. The molecule has 2 aromatic rings. The molecule has 2 atom stereocenters. The minimum Gasteiger partial charge on any atom is -0.0990 e. The van der Waals surface area contributed by atoms with Crippen molar-refractivity contribution >= 4 is 0 Å². The number of hydrogen-bond acceptors (Lipinski definition) is 0. The summed E-state index contributed by atoms with van der Waals surface area (Å²) in [7, 11) is 0. The first-order chi connectivity index (χ1) is 18.9. The number of allylic oxidation sites excluding steroid dienone is 10. The number of rotatable bonds is 11. The van der Waals surface area contributed by atoms with E-state index >= 15 is 0 Å². The molecule has 0 aromatic heterocycles. The van der Waals surface area contributed by atoms with Gasteiger partial charge in [0.1, 0.15) is 0 Å². The second-order valence-electron chi connectivity index (χ2n) is 10.7. The van der Waals surface area contributed by atoms with E-state index < -0.39 is 0 Å². The molecule has 200 valence electrons. The fraction of sp³-hybridized carbons (Fsp3) is 0.282. The normalized spacial score (nSPS) is 17.4. The van der Waals surface area contributed by atoms with E-state index in [1.807, 2.05) is 6.08 Å². The van der Waals surface area contributed by atoms with E-state index in [1.165, 1.54) is 39.0 Å². The monoisotopic (exact) mass is 512 g/mol. The molecule has 3 rings (SSSR count). The van der Waals surface area contributed by atoms with Gasteiger partial charge in [-0.25, -0.2) is 0 Å². The van der Waals surface area contributed by atoms with Crippen LogP contribution in [-0.2, 0) is 12.8 Å². The van der Waals surface area contributed by atoms with E-state index in [1.54, 1.807) is 12.2 Å². The zero-order valence-electron chi connectivity index (χ0n) is 24.2. The van der Waals surface area contributed by atoms with Crippen LogP contribution in [0.2, 0.25) is 0 Å². The van der Waals surface area contributed by atoms with Crippen LogP contribution in [-0.4, -0.2) is 0 Å². The summed E-state index contributed by atoms with van der Waals surface area (Å²) in [6.07, 6.45) is 13.9. The minimum atomic E-state index is 0.130. The second-order valence-corrected chi connectivity index (χ2v) is 10.7. The maximum absolute atomic E-state index is 4.51. The molecule has 2 unspecified atom stereocenters. The fourth-order valence-corrected chi connectivity index (χ4v) is 5.31. The van der Waals surface area contributed by atoms with E-state index in [0.29, 0.717) is 5.92 Å². The smallest absolute Gasteiger partial charge is 0.0424 e. The molecule has 0 bridgehead atoms. The van der Waals surface area contributed by atoms with E-state index in [0.717, 1.165) is 49.7 Å². The molecular formula is C39H44. The summed E-state index contributed by atoms with van der Waals surface area (Å²) in [6.45, 7) is 23.3. The fourth-order valence-electron chi connectivity index (χ4n) is 5.31. The largest absolute Gasteiger partial charge is 0.0990 e. The van der Waals surface area contributed by atoms with Gasteiger partial charge in [0.15, 0.2) is 0 Å². The van der Waals surface area contributed by atoms with E-state index in [9.17, 15) is 0 Å². The quantitative estimate of drug-likeness (QED) is 0.207. The van der Waals surface area contributed by atoms with Gasteiger partial charge in [0.25, 0.3) is 0 Å². The Bertz CT molecular complexity index is 1330. The van der Waals surface area contributed by atoms with Crippen molar-refractivity contribution in [2.24, 2.45) is 11.8 Å². The second kappa shape index (κ2) is 14.9. The van der Waals surface area contributed by atoms with Crippen LogP contribution < -0.4 is 0 Å². The van der Waals surface area contributed by atoms with Crippen LogP contribution in [0.5, 0.6) is 0 Å². The molecule has 1 aliphatic rings. The highest BCUT2D eigenvalue weighted by molar-refractivity contribution is 5.58. The Labute approximate surface area is 238 Å². The maximum Gasteiger partial charge on any atom is 0.0424 e. The minimum absolute atomic E-state index is 0.130. The van der Waals surface area contributed by atoms with Gasteiger partial charge in [-0.2, -0.15) is 0 Å². The Morgan fingerprint density at radius 2 is 1.62 bits per heavy atom. The Kier molecular flexibility index (Phi) is 11.4. The Morgan fingerprint density at radius 3 is 2.23 bits per heavy atom. The topological polar surface area (TPSA) is 0 Å². The first-order valence-corrected chi connectivity index (χ1v) is 14.2. The highest BCUT2D eigenvalue weighted by atomic mass is 14.3. The highest BCUT2D eigenvalue weighted by Crippen LogP contribution is 2.39. The molecule has 0 heteroatoms. The van der Waals surface area contributed by atoms with Crippen molar-refractivity contribution in [3.8, 4) is 11.8 Å². The molecule has 0 fully saturated rings. The lowest BCUT2D eigenvalue weighted by Gasteiger charge is -2.19. The molecule has 0 saturated heterocycles. The van der Waals surface area contributed by atoms with Crippen LogP contribution in [0.1, 0.15) is 63.1 Å². The predicted molar refractivity (Wildman–Crippen MR) is 172 cm³/mol. The van der Waals surface area contributed by atoms with Gasteiger partial charge in [-0.05, 0) is 84.4 Å². The van der Waals surface area contributed by atoms with Gasteiger partial charge in [0.2, 0.25) is 0 Å². The Hall–Kier alpha value is -3.82. The number of benzene rings is 2. The first-order valence-electron chi connectivity index (χ1n) is 14.2. The third kappa shape index (κ3) is 8.59. The molecule has 0 aliphatic heterocycles. The zero-order valence-corrected chi connectivity index (χ0v) is 24.2. The standard InChI is InChI=1S/C39H44/c1-8-14-30(6)38-28-36(24-22-32(10-3)15-9-2)31(7)26-37(39(38)29(4)5)25-23-33-18-20-35(21-19-33)27-34-16-12-11-13-17-34/h9-13,15-21,28,31,36H,2-4,6,8,14,23,25-27H2,1,5,7H3/b32-15+. The SMILES string of the molecule is C=C/C=C(/C#CC1C=C(C(=C)CCC)C(C(=C)C)=C(CCc2ccc(Cc3ccccc3)cc2)CC1C)C=C. The molecule has 1 aliphatic carbocycles. The van der Waals surface area contributed by atoms with Crippen molar-refractivity contribution in [2.45, 2.75) is 59.3 Å². The molecule has 0 heterocycles. The summed E-state index contributed by atoms with van der Waals surface area (Å²) in [6, 6.07) is 19.8. The highest BCUT2D eigenvalue weighted by Gasteiger charge is 2.25. The van der Waals surface area contributed by atoms with Crippen LogP contribution in [0.4, 0.5) is 0 Å². The van der Waals surface area contributed by atoms with Gasteiger partial charge in [-0.3, -0.25) is 0 Å². The van der Waals surface area contributed by atoms with Crippen molar-refractivity contribution in [1.29, 1.82) is 0 Å². The summed E-state index contributed by atoms with van der Waals surface area (Å²) in [5, 5.41) is 0. The van der Waals surface area contributed by atoms with Crippen LogP contribution >= 0.6 is 0 Å². The average molecular weight is 513 g/mol. The molecular weight excluding hydrogens is 468 g/mol. The van der Waals surface area contributed by atoms with Crippen molar-refractivity contribution in [2.75, 3.05) is 0 Å². The molecule has 0 N–H and O–H groups in total. The lowest BCUT2D eigenvalue weighted by Crippen LogP contribution is -2.08. The van der Waals surface area contributed by atoms with Gasteiger partial charge < -0.3 is 0 Å². The molecule has 0 radical (unpaired) electrons. The summed E-state index contributed by atoms with van der Waals surface area (Å²) in [4.78, 5) is 0. The molecule has 0 amide bonds. The summed E-state index contributed by atoms with van der Waals surface area (Å²) in [5.41, 5.74) is 11.3.